The summed E-state index contributed by atoms with van der Waals surface area (Å²) < 4.78 is 16.2. The second kappa shape index (κ2) is 7.81. The lowest BCUT2D eigenvalue weighted by atomic mass is 10.1. The Morgan fingerprint density at radius 3 is 2.96 bits per heavy atom. The fourth-order valence-corrected chi connectivity index (χ4v) is 3.24. The number of aliphatic hydroxyl groups is 3. The first-order valence-corrected chi connectivity index (χ1v) is 8.72. The Hall–Kier alpha value is -2.57. The molecule has 0 saturated carbocycles. The van der Waals surface area contributed by atoms with Crippen LogP contribution in [0.25, 0.3) is 0 Å². The average Bonchev–Trinajstić information content (AvgIpc) is 3.40. The van der Waals surface area contributed by atoms with Crippen LogP contribution in [0, 0.1) is 0 Å². The van der Waals surface area contributed by atoms with Gasteiger partial charge in [0.05, 0.1) is 19.5 Å². The molecule has 1 saturated heterocycles. The Kier molecular flexibility index (Phi) is 5.24. The van der Waals surface area contributed by atoms with Crippen molar-refractivity contribution in [2.75, 3.05) is 30.6 Å². The number of aromatic nitrogens is 2. The van der Waals surface area contributed by atoms with Crippen LogP contribution in [0.4, 0.5) is 17.3 Å². The zero-order chi connectivity index (χ0) is 19.7. The number of rotatable bonds is 6. The molecule has 0 aromatic carbocycles. The van der Waals surface area contributed by atoms with E-state index in [2.05, 4.69) is 20.3 Å². The van der Waals surface area contributed by atoms with Crippen molar-refractivity contribution in [3.63, 3.8) is 0 Å². The van der Waals surface area contributed by atoms with Gasteiger partial charge in [-0.25, -0.2) is 15.0 Å². The highest BCUT2D eigenvalue weighted by molar-refractivity contribution is 5.85. The Balaban J connectivity index is 1.55. The summed E-state index contributed by atoms with van der Waals surface area (Å²) in [6.45, 7) is 0.260. The van der Waals surface area contributed by atoms with Crippen molar-refractivity contribution in [3.05, 3.63) is 30.0 Å². The van der Waals surface area contributed by atoms with Crippen molar-refractivity contribution < 1.29 is 29.2 Å². The number of anilines is 2. The Labute approximate surface area is 160 Å². The SMILES string of the molecule is COCc1ccc(C=Nc2ncnc3c2NCN3C2OC(CO)C(O)C2O)o1. The van der Waals surface area contributed by atoms with E-state index in [1.165, 1.54) is 6.33 Å². The molecule has 4 heterocycles. The molecule has 0 bridgehead atoms. The predicted octanol–water partition coefficient (Wildman–Crippen LogP) is -0.405. The van der Waals surface area contributed by atoms with Crippen LogP contribution < -0.4 is 10.2 Å². The molecule has 0 spiro atoms. The number of hydrogen-bond acceptors (Lipinski definition) is 11. The van der Waals surface area contributed by atoms with Crippen LogP contribution in [-0.2, 0) is 16.1 Å². The van der Waals surface area contributed by atoms with Crippen molar-refractivity contribution >= 4 is 23.5 Å². The van der Waals surface area contributed by atoms with Gasteiger partial charge in [-0.1, -0.05) is 0 Å². The number of hydrogen-bond donors (Lipinski definition) is 4. The van der Waals surface area contributed by atoms with Crippen LogP contribution in [0.3, 0.4) is 0 Å². The first kappa shape index (κ1) is 18.8. The van der Waals surface area contributed by atoms with Crippen molar-refractivity contribution in [2.45, 2.75) is 31.1 Å². The van der Waals surface area contributed by atoms with Crippen molar-refractivity contribution in [2.24, 2.45) is 4.99 Å². The molecule has 4 atom stereocenters. The summed E-state index contributed by atoms with van der Waals surface area (Å²) >= 11 is 0. The van der Waals surface area contributed by atoms with Gasteiger partial charge in [0.15, 0.2) is 17.9 Å². The Morgan fingerprint density at radius 1 is 1.36 bits per heavy atom. The van der Waals surface area contributed by atoms with Crippen LogP contribution in [0.15, 0.2) is 27.9 Å². The molecule has 4 unspecified atom stereocenters. The number of furan rings is 1. The molecule has 4 rings (SSSR count). The van der Waals surface area contributed by atoms with E-state index in [4.69, 9.17) is 13.9 Å². The zero-order valence-corrected chi connectivity index (χ0v) is 15.1. The monoisotopic (exact) mass is 391 g/mol. The summed E-state index contributed by atoms with van der Waals surface area (Å²) in [5, 5.41) is 32.6. The second-order valence-electron chi connectivity index (χ2n) is 6.42. The molecular weight excluding hydrogens is 370 g/mol. The molecule has 1 fully saturated rings. The molecule has 11 nitrogen and oxygen atoms in total. The fraction of sp³-hybridized carbons (Fsp3) is 0.471. The molecule has 0 amide bonds. The van der Waals surface area contributed by atoms with E-state index in [9.17, 15) is 15.3 Å². The van der Waals surface area contributed by atoms with E-state index in [1.54, 1.807) is 30.4 Å². The van der Waals surface area contributed by atoms with Gasteiger partial charge in [-0.3, -0.25) is 0 Å². The van der Waals surface area contributed by atoms with Crippen LogP contribution in [0.2, 0.25) is 0 Å². The molecule has 0 aliphatic carbocycles. The third-order valence-electron chi connectivity index (χ3n) is 4.61. The number of methoxy groups -OCH3 is 1. The molecule has 2 aromatic heterocycles. The van der Waals surface area contributed by atoms with Gasteiger partial charge >= 0.3 is 0 Å². The smallest absolute Gasteiger partial charge is 0.181 e. The average molecular weight is 391 g/mol. The van der Waals surface area contributed by atoms with Crippen molar-refractivity contribution in [1.29, 1.82) is 0 Å². The Bertz CT molecular complexity index is 858. The molecule has 28 heavy (non-hydrogen) atoms. The van der Waals surface area contributed by atoms with Crippen LogP contribution >= 0.6 is 0 Å². The van der Waals surface area contributed by atoms with Crippen LogP contribution in [0.5, 0.6) is 0 Å². The summed E-state index contributed by atoms with van der Waals surface area (Å²) in [4.78, 5) is 14.4. The van der Waals surface area contributed by atoms with Crippen molar-refractivity contribution in [3.8, 4) is 0 Å². The summed E-state index contributed by atoms with van der Waals surface area (Å²) in [5.41, 5.74) is 0.570. The molecule has 150 valence electrons. The summed E-state index contributed by atoms with van der Waals surface area (Å²) in [6.07, 6.45) is -1.19. The maximum absolute atomic E-state index is 10.3. The molecule has 4 N–H and O–H groups in total. The van der Waals surface area contributed by atoms with Gasteiger partial charge in [0.2, 0.25) is 0 Å². The fourth-order valence-electron chi connectivity index (χ4n) is 3.24. The molecular formula is C17H21N5O6. The minimum atomic E-state index is -1.19. The highest BCUT2D eigenvalue weighted by Gasteiger charge is 2.47. The highest BCUT2D eigenvalue weighted by Crippen LogP contribution is 2.39. The summed E-state index contributed by atoms with van der Waals surface area (Å²) in [5.74, 6) is 2.11. The lowest BCUT2D eigenvalue weighted by Crippen LogP contribution is -2.44. The standard InChI is InChI=1S/C17H21N5O6/c1-26-6-10-3-2-9(27-10)4-18-15-12-16(20-7-19-15)22(8-21-12)17-14(25)13(24)11(5-23)28-17/h2-4,7,11,13-14,17,21,23-25H,5-6,8H2,1H3. The molecule has 2 aliphatic rings. The van der Waals surface area contributed by atoms with Gasteiger partial charge in [-0.15, -0.1) is 0 Å². The molecule has 0 radical (unpaired) electrons. The maximum atomic E-state index is 10.3. The van der Waals surface area contributed by atoms with Gasteiger partial charge in [0, 0.05) is 7.11 Å². The predicted molar refractivity (Wildman–Crippen MR) is 97.4 cm³/mol. The van der Waals surface area contributed by atoms with Gasteiger partial charge in [-0.2, -0.15) is 0 Å². The lowest BCUT2D eigenvalue weighted by molar-refractivity contribution is -0.0219. The zero-order valence-electron chi connectivity index (χ0n) is 15.1. The maximum Gasteiger partial charge on any atom is 0.181 e. The molecule has 2 aliphatic heterocycles. The number of aliphatic hydroxyl groups excluding tert-OH is 3. The van der Waals surface area contributed by atoms with Gasteiger partial charge in [0.1, 0.15) is 48.5 Å². The molecule has 11 heteroatoms. The number of nitrogens with one attached hydrogen (secondary N) is 1. The van der Waals surface area contributed by atoms with E-state index in [1.807, 2.05) is 0 Å². The third kappa shape index (κ3) is 3.34. The van der Waals surface area contributed by atoms with Gasteiger partial charge in [0.25, 0.3) is 0 Å². The van der Waals surface area contributed by atoms with Crippen LogP contribution in [-0.4, -0.2) is 76.4 Å². The molecule has 2 aromatic rings. The van der Waals surface area contributed by atoms with Crippen LogP contribution in [0.1, 0.15) is 11.5 Å². The van der Waals surface area contributed by atoms with E-state index in [0.29, 0.717) is 35.5 Å². The van der Waals surface area contributed by atoms with Gasteiger partial charge < -0.3 is 39.4 Å². The number of fused-ring (bicyclic) bond motifs is 1. The minimum absolute atomic E-state index is 0.280. The number of ether oxygens (including phenoxy) is 2. The second-order valence-corrected chi connectivity index (χ2v) is 6.42. The highest BCUT2D eigenvalue weighted by atomic mass is 16.6. The van der Waals surface area contributed by atoms with Crippen molar-refractivity contribution in [1.82, 2.24) is 9.97 Å². The number of aliphatic imine (C=N–C) groups is 1. The van der Waals surface area contributed by atoms with E-state index >= 15 is 0 Å². The lowest BCUT2D eigenvalue weighted by Gasteiger charge is -2.26. The number of nitrogens with zero attached hydrogens (tertiary/aromatic N) is 4. The first-order chi connectivity index (χ1) is 13.6. The quantitative estimate of drug-likeness (QED) is 0.480. The van der Waals surface area contributed by atoms with E-state index < -0.39 is 31.1 Å². The summed E-state index contributed by atoms with van der Waals surface area (Å²) in [7, 11) is 1.59. The minimum Gasteiger partial charge on any atom is -0.458 e. The Morgan fingerprint density at radius 2 is 2.21 bits per heavy atom. The normalized spacial score (nSPS) is 26.8. The van der Waals surface area contributed by atoms with E-state index in [0.717, 1.165) is 0 Å². The topological polar surface area (TPSA) is 146 Å². The van der Waals surface area contributed by atoms with Gasteiger partial charge in [-0.05, 0) is 12.1 Å². The third-order valence-corrected chi connectivity index (χ3v) is 4.61. The largest absolute Gasteiger partial charge is 0.458 e. The first-order valence-electron chi connectivity index (χ1n) is 8.72. The van der Waals surface area contributed by atoms with E-state index in [-0.39, 0.29) is 6.67 Å². The summed E-state index contributed by atoms with van der Waals surface area (Å²) in [6, 6.07) is 3.58.